The van der Waals surface area contributed by atoms with Crippen molar-refractivity contribution in [2.24, 2.45) is 0 Å². The molecule has 5 nitrogen and oxygen atoms in total. The Morgan fingerprint density at radius 1 is 1.09 bits per heavy atom. The highest BCUT2D eigenvalue weighted by molar-refractivity contribution is 5.76. The summed E-state index contributed by atoms with van der Waals surface area (Å²) >= 11 is 0. The third kappa shape index (κ3) is 2.11. The molecule has 0 saturated heterocycles. The molecule has 0 saturated carbocycles. The molecule has 1 aliphatic heterocycles. The molecule has 0 amide bonds. The molecule has 1 aliphatic rings. The van der Waals surface area contributed by atoms with E-state index in [1.54, 1.807) is 0 Å². The van der Waals surface area contributed by atoms with Crippen molar-refractivity contribution in [3.8, 4) is 34.2 Å². The zero-order valence-electron chi connectivity index (χ0n) is 12.1. The summed E-state index contributed by atoms with van der Waals surface area (Å²) in [6.45, 7) is 2.33. The van der Waals surface area contributed by atoms with E-state index in [0.29, 0.717) is 5.76 Å². The van der Waals surface area contributed by atoms with Gasteiger partial charge < -0.3 is 13.9 Å². The first-order valence-electron chi connectivity index (χ1n) is 7.15. The van der Waals surface area contributed by atoms with Crippen LogP contribution in [0.5, 0.6) is 11.5 Å². The molecule has 22 heavy (non-hydrogen) atoms. The standard InChI is InChI=1S/C17H14N2O3/c1-2-12-4-3-5-13(19-12)16-17(20-9-18-16)11-6-7-14-15(8-11)22-10-21-14/h3-9H,2,10H2,1H3. The summed E-state index contributed by atoms with van der Waals surface area (Å²) in [5, 5.41) is 0. The summed E-state index contributed by atoms with van der Waals surface area (Å²) in [6.07, 6.45) is 2.32. The van der Waals surface area contributed by atoms with E-state index in [-0.39, 0.29) is 6.79 Å². The number of aryl methyl sites for hydroxylation is 1. The number of pyridine rings is 1. The second-order valence-corrected chi connectivity index (χ2v) is 4.97. The quantitative estimate of drug-likeness (QED) is 0.737. The molecule has 3 heterocycles. The molecule has 3 aromatic rings. The van der Waals surface area contributed by atoms with Gasteiger partial charge in [-0.05, 0) is 36.8 Å². The van der Waals surface area contributed by atoms with E-state index in [2.05, 4.69) is 16.9 Å². The van der Waals surface area contributed by atoms with Crippen LogP contribution in [0.15, 0.2) is 47.2 Å². The number of fused-ring (bicyclic) bond motifs is 1. The van der Waals surface area contributed by atoms with Gasteiger partial charge >= 0.3 is 0 Å². The van der Waals surface area contributed by atoms with Crippen LogP contribution in [0.25, 0.3) is 22.7 Å². The monoisotopic (exact) mass is 294 g/mol. The Labute approximate surface area is 127 Å². The van der Waals surface area contributed by atoms with Crippen molar-refractivity contribution >= 4 is 0 Å². The molecule has 4 rings (SSSR count). The zero-order chi connectivity index (χ0) is 14.9. The highest BCUT2D eigenvalue weighted by atomic mass is 16.7. The maximum Gasteiger partial charge on any atom is 0.231 e. The number of ether oxygens (including phenoxy) is 2. The van der Waals surface area contributed by atoms with E-state index < -0.39 is 0 Å². The topological polar surface area (TPSA) is 57.4 Å². The average Bonchev–Trinajstić information content (AvgIpc) is 3.23. The molecular formula is C17H14N2O3. The predicted octanol–water partition coefficient (Wildman–Crippen LogP) is 3.69. The molecule has 0 unspecified atom stereocenters. The van der Waals surface area contributed by atoms with Crippen LogP contribution in [-0.2, 0) is 6.42 Å². The first kappa shape index (κ1) is 12.9. The smallest absolute Gasteiger partial charge is 0.231 e. The van der Waals surface area contributed by atoms with Gasteiger partial charge in [-0.1, -0.05) is 13.0 Å². The van der Waals surface area contributed by atoms with Gasteiger partial charge in [0.25, 0.3) is 0 Å². The van der Waals surface area contributed by atoms with Crippen molar-refractivity contribution in [1.82, 2.24) is 9.97 Å². The van der Waals surface area contributed by atoms with Gasteiger partial charge in [0.2, 0.25) is 6.79 Å². The van der Waals surface area contributed by atoms with Crippen LogP contribution in [0.2, 0.25) is 0 Å². The molecule has 1 aromatic carbocycles. The van der Waals surface area contributed by atoms with Gasteiger partial charge in [0.1, 0.15) is 5.69 Å². The Hall–Kier alpha value is -2.82. The fraction of sp³-hybridized carbons (Fsp3) is 0.176. The Bertz CT molecular complexity index is 826. The van der Waals surface area contributed by atoms with Crippen molar-refractivity contribution in [2.45, 2.75) is 13.3 Å². The number of benzene rings is 1. The molecule has 0 atom stereocenters. The zero-order valence-corrected chi connectivity index (χ0v) is 12.1. The van der Waals surface area contributed by atoms with Gasteiger partial charge in [-0.3, -0.25) is 4.98 Å². The molecular weight excluding hydrogens is 280 g/mol. The van der Waals surface area contributed by atoms with Crippen LogP contribution in [0.1, 0.15) is 12.6 Å². The van der Waals surface area contributed by atoms with Gasteiger partial charge in [0.15, 0.2) is 23.7 Å². The molecule has 110 valence electrons. The van der Waals surface area contributed by atoms with Crippen LogP contribution < -0.4 is 9.47 Å². The van der Waals surface area contributed by atoms with Gasteiger partial charge in [-0.25, -0.2) is 4.98 Å². The number of rotatable bonds is 3. The molecule has 0 N–H and O–H groups in total. The predicted molar refractivity (Wildman–Crippen MR) is 80.7 cm³/mol. The Kier molecular flexibility index (Phi) is 3.04. The summed E-state index contributed by atoms with van der Waals surface area (Å²) < 4.78 is 16.3. The van der Waals surface area contributed by atoms with Gasteiger partial charge in [-0.2, -0.15) is 0 Å². The van der Waals surface area contributed by atoms with E-state index in [1.165, 1.54) is 6.39 Å². The van der Waals surface area contributed by atoms with E-state index in [0.717, 1.165) is 40.6 Å². The maximum atomic E-state index is 5.59. The molecule has 0 spiro atoms. The normalized spacial score (nSPS) is 12.6. The lowest BCUT2D eigenvalue weighted by Gasteiger charge is -2.04. The summed E-state index contributed by atoms with van der Waals surface area (Å²) in [4.78, 5) is 8.94. The Morgan fingerprint density at radius 2 is 2.00 bits per heavy atom. The minimum Gasteiger partial charge on any atom is -0.454 e. The lowest BCUT2D eigenvalue weighted by molar-refractivity contribution is 0.174. The molecule has 0 radical (unpaired) electrons. The van der Waals surface area contributed by atoms with Crippen molar-refractivity contribution in [3.05, 3.63) is 48.5 Å². The lowest BCUT2D eigenvalue weighted by atomic mass is 10.1. The van der Waals surface area contributed by atoms with Crippen LogP contribution in [0, 0.1) is 0 Å². The number of oxazole rings is 1. The van der Waals surface area contributed by atoms with Gasteiger partial charge in [0.05, 0.1) is 5.69 Å². The number of hydrogen-bond acceptors (Lipinski definition) is 5. The van der Waals surface area contributed by atoms with Gasteiger partial charge in [-0.15, -0.1) is 0 Å². The fourth-order valence-corrected chi connectivity index (χ4v) is 2.48. The Morgan fingerprint density at radius 3 is 2.91 bits per heavy atom. The Balaban J connectivity index is 1.79. The van der Waals surface area contributed by atoms with Crippen molar-refractivity contribution in [1.29, 1.82) is 0 Å². The first-order chi connectivity index (χ1) is 10.8. The number of nitrogens with zero attached hydrogens (tertiary/aromatic N) is 2. The molecule has 2 aromatic heterocycles. The van der Waals surface area contributed by atoms with E-state index in [1.807, 2.05) is 36.4 Å². The largest absolute Gasteiger partial charge is 0.454 e. The van der Waals surface area contributed by atoms with Crippen molar-refractivity contribution < 1.29 is 13.9 Å². The van der Waals surface area contributed by atoms with Crippen LogP contribution in [0.3, 0.4) is 0 Å². The molecule has 5 heteroatoms. The highest BCUT2D eigenvalue weighted by Crippen LogP contribution is 2.38. The van der Waals surface area contributed by atoms with Crippen LogP contribution >= 0.6 is 0 Å². The average molecular weight is 294 g/mol. The molecule has 0 aliphatic carbocycles. The summed E-state index contributed by atoms with van der Waals surface area (Å²) in [6, 6.07) is 11.6. The molecule has 0 fully saturated rings. The van der Waals surface area contributed by atoms with Crippen molar-refractivity contribution in [3.63, 3.8) is 0 Å². The third-order valence-corrected chi connectivity index (χ3v) is 3.61. The SMILES string of the molecule is CCc1cccc(-c2ncoc2-c2ccc3c(c2)OCO3)n1. The van der Waals surface area contributed by atoms with E-state index in [4.69, 9.17) is 13.9 Å². The van der Waals surface area contributed by atoms with Gasteiger partial charge in [0, 0.05) is 11.3 Å². The van der Waals surface area contributed by atoms with E-state index >= 15 is 0 Å². The summed E-state index contributed by atoms with van der Waals surface area (Å²) in [5.74, 6) is 2.14. The summed E-state index contributed by atoms with van der Waals surface area (Å²) in [7, 11) is 0. The minimum atomic E-state index is 0.252. The fourth-order valence-electron chi connectivity index (χ4n) is 2.48. The van der Waals surface area contributed by atoms with Crippen LogP contribution in [-0.4, -0.2) is 16.8 Å². The minimum absolute atomic E-state index is 0.252. The second-order valence-electron chi connectivity index (χ2n) is 4.97. The number of hydrogen-bond donors (Lipinski definition) is 0. The highest BCUT2D eigenvalue weighted by Gasteiger charge is 2.19. The maximum absolute atomic E-state index is 5.59. The third-order valence-electron chi connectivity index (χ3n) is 3.61. The van der Waals surface area contributed by atoms with Crippen molar-refractivity contribution in [2.75, 3.05) is 6.79 Å². The first-order valence-corrected chi connectivity index (χ1v) is 7.15. The van der Waals surface area contributed by atoms with Crippen LogP contribution in [0.4, 0.5) is 0 Å². The lowest BCUT2D eigenvalue weighted by Crippen LogP contribution is -1.93. The molecule has 0 bridgehead atoms. The summed E-state index contributed by atoms with van der Waals surface area (Å²) in [5.41, 5.74) is 3.45. The van der Waals surface area contributed by atoms with E-state index in [9.17, 15) is 0 Å². The second kappa shape index (κ2) is 5.18. The number of aromatic nitrogens is 2.